The van der Waals surface area contributed by atoms with Crippen molar-refractivity contribution in [1.29, 1.82) is 0 Å². The zero-order chi connectivity index (χ0) is 28.4. The molecular formula is C32H49NO5. The van der Waals surface area contributed by atoms with Gasteiger partial charge >= 0.3 is 5.97 Å². The van der Waals surface area contributed by atoms with Crippen LogP contribution in [0, 0.1) is 39.9 Å². The predicted molar refractivity (Wildman–Crippen MR) is 149 cm³/mol. The minimum Gasteiger partial charge on any atom is -0.458 e. The van der Waals surface area contributed by atoms with Crippen LogP contribution in [0.3, 0.4) is 0 Å². The van der Waals surface area contributed by atoms with Gasteiger partial charge in [-0.15, -0.1) is 0 Å². The largest absolute Gasteiger partial charge is 0.458 e. The molecule has 0 radical (unpaired) electrons. The summed E-state index contributed by atoms with van der Waals surface area (Å²) >= 11 is 0. The lowest BCUT2D eigenvalue weighted by Crippen LogP contribution is -2.70. The van der Waals surface area contributed by atoms with E-state index >= 15 is 0 Å². The maximum atomic E-state index is 13.0. The third-order valence-corrected chi connectivity index (χ3v) is 11.6. The van der Waals surface area contributed by atoms with Gasteiger partial charge in [-0.1, -0.05) is 51.5 Å². The van der Waals surface area contributed by atoms with Crippen molar-refractivity contribution in [3.05, 3.63) is 34.9 Å². The Morgan fingerprint density at radius 2 is 1.68 bits per heavy atom. The highest BCUT2D eigenvalue weighted by molar-refractivity contribution is 5.97. The van der Waals surface area contributed by atoms with E-state index in [1.54, 1.807) is 6.92 Å². The average molecular weight is 528 g/mol. The van der Waals surface area contributed by atoms with E-state index in [1.807, 2.05) is 32.1 Å². The van der Waals surface area contributed by atoms with Crippen LogP contribution in [0.2, 0.25) is 0 Å². The minimum absolute atomic E-state index is 0.0562. The minimum atomic E-state index is -0.611. The fourth-order valence-corrected chi connectivity index (χ4v) is 9.67. The van der Waals surface area contributed by atoms with Gasteiger partial charge in [-0.05, 0) is 98.4 Å². The van der Waals surface area contributed by atoms with E-state index in [1.165, 1.54) is 6.92 Å². The van der Waals surface area contributed by atoms with E-state index in [4.69, 9.17) is 10.5 Å². The van der Waals surface area contributed by atoms with E-state index < -0.39 is 18.3 Å². The van der Waals surface area contributed by atoms with Crippen LogP contribution in [-0.2, 0) is 14.3 Å². The van der Waals surface area contributed by atoms with Crippen molar-refractivity contribution >= 4 is 11.8 Å². The molecule has 4 aliphatic rings. The van der Waals surface area contributed by atoms with Gasteiger partial charge in [-0.25, -0.2) is 0 Å². The van der Waals surface area contributed by atoms with Crippen molar-refractivity contribution < 1.29 is 24.5 Å². The molecule has 0 amide bonds. The van der Waals surface area contributed by atoms with Crippen LogP contribution >= 0.6 is 0 Å². The number of ketones is 1. The Kier molecular flexibility index (Phi) is 7.70. The Balaban J connectivity index is 1.88. The molecule has 0 aromatic rings. The van der Waals surface area contributed by atoms with Crippen molar-refractivity contribution in [3.8, 4) is 0 Å². The lowest BCUT2D eigenvalue weighted by molar-refractivity contribution is -0.239. The van der Waals surface area contributed by atoms with E-state index in [2.05, 4.69) is 27.7 Å². The lowest BCUT2D eigenvalue weighted by atomic mass is 9.35. The zero-order valence-electron chi connectivity index (χ0n) is 24.6. The highest BCUT2D eigenvalue weighted by Gasteiger charge is 2.72. The number of aliphatic hydroxyl groups is 2. The molecule has 0 spiro atoms. The maximum Gasteiger partial charge on any atom is 0.303 e. The number of Topliss-reactive ketones (excluding diaryl/α,β-unsaturated/α-hetero) is 1. The number of carbonyl (C=O) groups is 2. The molecule has 0 bridgehead atoms. The lowest BCUT2D eigenvalue weighted by Gasteiger charge is -2.70. The molecule has 0 aromatic heterocycles. The molecule has 0 saturated heterocycles. The van der Waals surface area contributed by atoms with Crippen LogP contribution in [-0.4, -0.2) is 46.3 Å². The van der Waals surface area contributed by atoms with Crippen molar-refractivity contribution in [2.45, 2.75) is 112 Å². The molecule has 4 rings (SSSR count). The molecule has 4 fully saturated rings. The first-order valence-electron chi connectivity index (χ1n) is 14.4. The van der Waals surface area contributed by atoms with Crippen LogP contribution in [0.15, 0.2) is 34.9 Å². The van der Waals surface area contributed by atoms with Gasteiger partial charge in [0.15, 0.2) is 5.78 Å². The van der Waals surface area contributed by atoms with Crippen LogP contribution in [0.4, 0.5) is 0 Å². The number of allylic oxidation sites excluding steroid dienone is 5. The molecule has 4 aliphatic carbocycles. The topological polar surface area (TPSA) is 110 Å². The number of ether oxygens (including phenoxy) is 1. The van der Waals surface area contributed by atoms with Crippen molar-refractivity contribution in [2.24, 2.45) is 45.7 Å². The third-order valence-electron chi connectivity index (χ3n) is 11.6. The second-order valence-electron chi connectivity index (χ2n) is 13.8. The van der Waals surface area contributed by atoms with Gasteiger partial charge in [0, 0.05) is 18.5 Å². The predicted octanol–water partition coefficient (Wildman–Crippen LogP) is 4.88. The number of fused-ring (bicyclic) bond motifs is 5. The Bertz CT molecular complexity index is 1070. The molecule has 4 N–H and O–H groups in total. The molecule has 0 unspecified atom stereocenters. The number of esters is 1. The van der Waals surface area contributed by atoms with Crippen LogP contribution in [0.5, 0.6) is 0 Å². The molecule has 4 saturated carbocycles. The summed E-state index contributed by atoms with van der Waals surface area (Å²) in [5.74, 6) is -0.218. The third kappa shape index (κ3) is 4.26. The van der Waals surface area contributed by atoms with E-state index in [0.29, 0.717) is 24.8 Å². The standard InChI is InChI=1S/C32H49NO5/c1-17(2)10-9-11-21(19(4)34)28-23-14-25(37)29-30(6,31(23,7)16-26(28)38-20(5)35)13-12-22-18(3)24(36)15-27(33)32(22,29)8/h9-11,18,22-27,29,36-37H,12-16,33H2,1-8H3/b11-9-,28-21-/t18-,22-,23-,24+,25+,26-,27+,29+,30-,31-,32+/m0/s1. The van der Waals surface area contributed by atoms with Gasteiger partial charge in [0.05, 0.1) is 12.2 Å². The first-order chi connectivity index (χ1) is 17.6. The molecule has 212 valence electrons. The van der Waals surface area contributed by atoms with Gasteiger partial charge in [0.25, 0.3) is 0 Å². The Hall–Kier alpha value is -1.76. The maximum absolute atomic E-state index is 13.0. The quantitative estimate of drug-likeness (QED) is 0.273. The van der Waals surface area contributed by atoms with Crippen molar-refractivity contribution in [3.63, 3.8) is 0 Å². The summed E-state index contributed by atoms with van der Waals surface area (Å²) in [6, 6.07) is -0.210. The fraction of sp³-hybridized carbons (Fsp3) is 0.750. The number of nitrogens with two attached hydrogens (primary N) is 1. The van der Waals surface area contributed by atoms with E-state index in [9.17, 15) is 19.8 Å². The zero-order valence-corrected chi connectivity index (χ0v) is 24.6. The summed E-state index contributed by atoms with van der Waals surface area (Å²) < 4.78 is 5.95. The second-order valence-corrected chi connectivity index (χ2v) is 13.8. The Morgan fingerprint density at radius 3 is 2.26 bits per heavy atom. The molecule has 38 heavy (non-hydrogen) atoms. The molecule has 6 heteroatoms. The monoisotopic (exact) mass is 527 g/mol. The molecule has 11 atom stereocenters. The number of hydrogen-bond donors (Lipinski definition) is 3. The normalized spacial score (nSPS) is 47.6. The number of carbonyl (C=O) groups excluding carboxylic acids is 2. The van der Waals surface area contributed by atoms with Crippen LogP contribution in [0.25, 0.3) is 0 Å². The average Bonchev–Trinajstić information content (AvgIpc) is 3.06. The number of rotatable bonds is 4. The molecule has 6 nitrogen and oxygen atoms in total. The summed E-state index contributed by atoms with van der Waals surface area (Å²) in [4.78, 5) is 25.3. The summed E-state index contributed by atoms with van der Waals surface area (Å²) in [7, 11) is 0. The Morgan fingerprint density at radius 1 is 1.03 bits per heavy atom. The first kappa shape index (κ1) is 29.2. The molecule has 0 aliphatic heterocycles. The first-order valence-corrected chi connectivity index (χ1v) is 14.4. The van der Waals surface area contributed by atoms with Gasteiger partial charge < -0.3 is 20.7 Å². The second kappa shape index (κ2) is 10.0. The van der Waals surface area contributed by atoms with Gasteiger partial charge in [0.1, 0.15) is 6.10 Å². The SMILES string of the molecule is CC(=O)O[C@H]1C[C@@]2(C)[C@@H](C[C@@H](O)[C@H]3[C@@]4(C)[C@H](N)C[C@@H](O)[C@@H](C)[C@@H]4CC[C@@]32C)/C1=C(\C=C/C=C(C)C)C(C)=O. The highest BCUT2D eigenvalue weighted by Crippen LogP contribution is 2.74. The number of aliphatic hydroxyl groups excluding tert-OH is 2. The summed E-state index contributed by atoms with van der Waals surface area (Å²) in [5, 5.41) is 22.8. The number of hydrogen-bond acceptors (Lipinski definition) is 6. The van der Waals surface area contributed by atoms with Crippen molar-refractivity contribution in [1.82, 2.24) is 0 Å². The van der Waals surface area contributed by atoms with Crippen LogP contribution < -0.4 is 5.73 Å². The van der Waals surface area contributed by atoms with Gasteiger partial charge in [-0.2, -0.15) is 0 Å². The molecule has 0 aromatic carbocycles. The summed E-state index contributed by atoms with van der Waals surface area (Å²) in [6.45, 7) is 16.0. The smallest absolute Gasteiger partial charge is 0.303 e. The van der Waals surface area contributed by atoms with Crippen LogP contribution in [0.1, 0.15) is 87.5 Å². The van der Waals surface area contributed by atoms with Gasteiger partial charge in [-0.3, -0.25) is 9.59 Å². The molecule has 0 heterocycles. The summed E-state index contributed by atoms with van der Waals surface area (Å²) in [6.07, 6.45) is 7.67. The fourth-order valence-electron chi connectivity index (χ4n) is 9.67. The van der Waals surface area contributed by atoms with E-state index in [-0.39, 0.29) is 57.7 Å². The van der Waals surface area contributed by atoms with E-state index in [0.717, 1.165) is 24.0 Å². The van der Waals surface area contributed by atoms with Gasteiger partial charge in [0.2, 0.25) is 0 Å². The summed E-state index contributed by atoms with van der Waals surface area (Å²) in [5.41, 5.74) is 8.52. The molecular weight excluding hydrogens is 478 g/mol. The Labute approximate surface area is 228 Å². The van der Waals surface area contributed by atoms with Crippen molar-refractivity contribution in [2.75, 3.05) is 0 Å². The highest BCUT2D eigenvalue weighted by atomic mass is 16.5.